The van der Waals surface area contributed by atoms with Crippen molar-refractivity contribution in [2.45, 2.75) is 41.0 Å². The minimum Gasteiger partial charge on any atom is -0.103 e. The highest BCUT2D eigenvalue weighted by Gasteiger charge is 1.52. The van der Waals surface area contributed by atoms with E-state index < -0.39 is 0 Å². The molecule has 0 heteroatoms. The van der Waals surface area contributed by atoms with Crippen LogP contribution in [0.5, 0.6) is 0 Å². The highest BCUT2D eigenvalue weighted by molar-refractivity contribution is 4.73. The van der Waals surface area contributed by atoms with Crippen LogP contribution in [0, 0.1) is 0 Å². The quantitative estimate of drug-likeness (QED) is 0.481. The van der Waals surface area contributed by atoms with Gasteiger partial charge in [-0.05, 0) is 20.3 Å². The smallest absolute Gasteiger partial charge is 0.0379 e. The Morgan fingerprint density at radius 1 is 1.20 bits per heavy atom. The molecule has 0 saturated heterocycles. The molecule has 0 bridgehead atoms. The van der Waals surface area contributed by atoms with E-state index >= 15 is 0 Å². The SMILES string of the molecule is C/C=C\CC.C=CC.CC. The van der Waals surface area contributed by atoms with Gasteiger partial charge in [0.1, 0.15) is 0 Å². The van der Waals surface area contributed by atoms with Crippen LogP contribution in [0.1, 0.15) is 41.0 Å². The Morgan fingerprint density at radius 3 is 1.50 bits per heavy atom. The fourth-order valence-electron chi connectivity index (χ4n) is 0.236. The van der Waals surface area contributed by atoms with Gasteiger partial charge in [0.05, 0.1) is 0 Å². The van der Waals surface area contributed by atoms with Gasteiger partial charge < -0.3 is 0 Å². The van der Waals surface area contributed by atoms with E-state index in [-0.39, 0.29) is 0 Å². The fourth-order valence-corrected chi connectivity index (χ4v) is 0.236. The molecule has 62 valence electrons. The predicted octanol–water partition coefficient (Wildman–Crippen LogP) is 4.19. The molecule has 0 radical (unpaired) electrons. The van der Waals surface area contributed by atoms with Gasteiger partial charge in [0.25, 0.3) is 0 Å². The highest BCUT2D eigenvalue weighted by atomic mass is 13.6. The van der Waals surface area contributed by atoms with Crippen molar-refractivity contribution >= 4 is 0 Å². The Kier molecular flexibility index (Phi) is 63.6. The van der Waals surface area contributed by atoms with Gasteiger partial charge in [-0.25, -0.2) is 0 Å². The first kappa shape index (κ1) is 16.2. The monoisotopic (exact) mass is 142 g/mol. The largest absolute Gasteiger partial charge is 0.103 e. The van der Waals surface area contributed by atoms with Crippen molar-refractivity contribution in [3.63, 3.8) is 0 Å². The molecule has 0 aliphatic rings. The minimum absolute atomic E-state index is 1.16. The summed E-state index contributed by atoms with van der Waals surface area (Å²) in [6.45, 7) is 13.4. The molecule has 0 atom stereocenters. The van der Waals surface area contributed by atoms with Crippen molar-refractivity contribution in [1.82, 2.24) is 0 Å². The van der Waals surface area contributed by atoms with E-state index in [2.05, 4.69) is 25.7 Å². The van der Waals surface area contributed by atoms with Crippen molar-refractivity contribution in [2.24, 2.45) is 0 Å². The molecule has 0 nitrogen and oxygen atoms in total. The molecule has 0 spiro atoms. The third-order valence-electron chi connectivity index (χ3n) is 0.471. The maximum atomic E-state index is 3.36. The first-order valence-electron chi connectivity index (χ1n) is 4.01. The predicted molar refractivity (Wildman–Crippen MR) is 52.3 cm³/mol. The zero-order valence-electron chi connectivity index (χ0n) is 8.15. The van der Waals surface area contributed by atoms with Gasteiger partial charge in [0.2, 0.25) is 0 Å². The summed E-state index contributed by atoms with van der Waals surface area (Å²) in [6, 6.07) is 0. The van der Waals surface area contributed by atoms with Crippen LogP contribution in [0.4, 0.5) is 0 Å². The molecule has 0 saturated carbocycles. The summed E-state index contributed by atoms with van der Waals surface area (Å²) in [5.41, 5.74) is 0. The lowest BCUT2D eigenvalue weighted by atomic mass is 10.4. The van der Waals surface area contributed by atoms with E-state index in [0.717, 1.165) is 6.42 Å². The van der Waals surface area contributed by atoms with E-state index in [1.807, 2.05) is 27.7 Å². The van der Waals surface area contributed by atoms with E-state index in [0.29, 0.717) is 0 Å². The average Bonchev–Trinajstić information content (AvgIpc) is 1.96. The van der Waals surface area contributed by atoms with E-state index in [1.165, 1.54) is 0 Å². The number of rotatable bonds is 1. The maximum Gasteiger partial charge on any atom is -0.0379 e. The fraction of sp³-hybridized carbons (Fsp3) is 0.600. The van der Waals surface area contributed by atoms with Crippen molar-refractivity contribution < 1.29 is 0 Å². The van der Waals surface area contributed by atoms with E-state index in [4.69, 9.17) is 0 Å². The number of allylic oxidation sites excluding steroid dienone is 3. The standard InChI is InChI=1S/C5H10.C3H6.C2H6/c1-3-5-4-2;1-3-2;1-2/h3,5H,4H2,1-2H3;3H,1H2,2H3;1-2H3/b5-3-;;. The second-order valence-corrected chi connectivity index (χ2v) is 1.39. The molecular formula is C10H22. The van der Waals surface area contributed by atoms with Gasteiger partial charge in [0, 0.05) is 0 Å². The van der Waals surface area contributed by atoms with Gasteiger partial charge in [-0.2, -0.15) is 0 Å². The molecule has 0 aromatic heterocycles. The van der Waals surface area contributed by atoms with Crippen LogP contribution in [0.15, 0.2) is 24.8 Å². The number of hydrogen-bond acceptors (Lipinski definition) is 0. The summed E-state index contributed by atoms with van der Waals surface area (Å²) < 4.78 is 0. The van der Waals surface area contributed by atoms with E-state index in [9.17, 15) is 0 Å². The molecule has 0 heterocycles. The molecule has 0 aliphatic heterocycles. The molecule has 10 heavy (non-hydrogen) atoms. The van der Waals surface area contributed by atoms with Crippen LogP contribution in [0.25, 0.3) is 0 Å². The number of hydrogen-bond donors (Lipinski definition) is 0. The molecule has 0 fully saturated rings. The van der Waals surface area contributed by atoms with Crippen LogP contribution >= 0.6 is 0 Å². The third-order valence-corrected chi connectivity index (χ3v) is 0.471. The minimum atomic E-state index is 1.16. The van der Waals surface area contributed by atoms with Crippen LogP contribution in [-0.4, -0.2) is 0 Å². The molecular weight excluding hydrogens is 120 g/mol. The first-order valence-corrected chi connectivity index (χ1v) is 4.01. The molecule has 0 rings (SSSR count). The summed E-state index contributed by atoms with van der Waals surface area (Å²) in [4.78, 5) is 0. The van der Waals surface area contributed by atoms with Gasteiger partial charge in [-0.1, -0.05) is 39.0 Å². The lowest BCUT2D eigenvalue weighted by Crippen LogP contribution is -1.43. The first-order chi connectivity index (χ1) is 4.83. The van der Waals surface area contributed by atoms with Gasteiger partial charge in [-0.15, -0.1) is 6.58 Å². The lowest BCUT2D eigenvalue weighted by molar-refractivity contribution is 1.22. The average molecular weight is 142 g/mol. The second kappa shape index (κ2) is 39.2. The van der Waals surface area contributed by atoms with Gasteiger partial charge in [-0.3, -0.25) is 0 Å². The normalized spacial score (nSPS) is 6.90. The summed E-state index contributed by atoms with van der Waals surface area (Å²) in [5, 5.41) is 0. The van der Waals surface area contributed by atoms with Crippen molar-refractivity contribution in [3.05, 3.63) is 24.8 Å². The van der Waals surface area contributed by atoms with Crippen molar-refractivity contribution in [2.75, 3.05) is 0 Å². The Labute approximate surface area is 66.7 Å². The third kappa shape index (κ3) is 143. The maximum absolute atomic E-state index is 3.36. The van der Waals surface area contributed by atoms with Crippen LogP contribution < -0.4 is 0 Å². The Balaban J connectivity index is -0.0000000847. The summed E-state index contributed by atoms with van der Waals surface area (Å²) in [6.07, 6.45) is 7.09. The second-order valence-electron chi connectivity index (χ2n) is 1.39. The molecule has 0 unspecified atom stereocenters. The summed E-state index contributed by atoms with van der Waals surface area (Å²) in [7, 11) is 0. The van der Waals surface area contributed by atoms with E-state index in [1.54, 1.807) is 6.08 Å². The summed E-state index contributed by atoms with van der Waals surface area (Å²) >= 11 is 0. The van der Waals surface area contributed by atoms with Crippen molar-refractivity contribution in [3.8, 4) is 0 Å². The molecule has 0 aliphatic carbocycles. The molecule has 0 aromatic rings. The summed E-state index contributed by atoms with van der Waals surface area (Å²) in [5.74, 6) is 0. The van der Waals surface area contributed by atoms with Gasteiger partial charge >= 0.3 is 0 Å². The Morgan fingerprint density at radius 2 is 1.50 bits per heavy atom. The molecule has 0 aromatic carbocycles. The highest BCUT2D eigenvalue weighted by Crippen LogP contribution is 1.73. The van der Waals surface area contributed by atoms with Crippen LogP contribution in [-0.2, 0) is 0 Å². The molecule has 0 amide bonds. The Hall–Kier alpha value is -0.520. The van der Waals surface area contributed by atoms with Crippen LogP contribution in [0.3, 0.4) is 0 Å². The van der Waals surface area contributed by atoms with Gasteiger partial charge in [0.15, 0.2) is 0 Å². The zero-order valence-corrected chi connectivity index (χ0v) is 8.15. The lowest BCUT2D eigenvalue weighted by Gasteiger charge is -1.65. The van der Waals surface area contributed by atoms with Crippen LogP contribution in [0.2, 0.25) is 0 Å². The topological polar surface area (TPSA) is 0 Å². The molecule has 0 N–H and O–H groups in total. The van der Waals surface area contributed by atoms with Crippen molar-refractivity contribution in [1.29, 1.82) is 0 Å². The Bertz CT molecular complexity index is 51.1. The zero-order chi connectivity index (χ0) is 8.83.